The minimum absolute atomic E-state index is 0.475. The van der Waals surface area contributed by atoms with E-state index in [1.54, 1.807) is 4.68 Å². The minimum atomic E-state index is 0.475. The van der Waals surface area contributed by atoms with Gasteiger partial charge in [-0.3, -0.25) is 4.68 Å². The standard InChI is InChI=1S/C10H11IN4O/c1-15-5-7(11)8(13-15)9-12-10(16-14-9)6-3-2-4-6/h5-6H,2-4H2,1H3. The van der Waals surface area contributed by atoms with Crippen LogP contribution in [0.25, 0.3) is 11.5 Å². The van der Waals surface area contributed by atoms with E-state index in [4.69, 9.17) is 4.52 Å². The molecule has 0 unspecified atom stereocenters. The summed E-state index contributed by atoms with van der Waals surface area (Å²) in [5.74, 6) is 1.84. The van der Waals surface area contributed by atoms with E-state index in [1.165, 1.54) is 19.3 Å². The van der Waals surface area contributed by atoms with Crippen molar-refractivity contribution >= 4 is 22.6 Å². The fourth-order valence-corrected chi connectivity index (χ4v) is 2.52. The minimum Gasteiger partial charge on any atom is -0.339 e. The second kappa shape index (κ2) is 3.83. The van der Waals surface area contributed by atoms with Crippen LogP contribution in [0.15, 0.2) is 10.7 Å². The number of aryl methyl sites for hydroxylation is 1. The third-order valence-electron chi connectivity index (χ3n) is 2.89. The van der Waals surface area contributed by atoms with E-state index in [0.29, 0.717) is 11.7 Å². The van der Waals surface area contributed by atoms with Crippen LogP contribution in [0.1, 0.15) is 31.1 Å². The summed E-state index contributed by atoms with van der Waals surface area (Å²) in [5, 5.41) is 8.32. The molecule has 0 N–H and O–H groups in total. The summed E-state index contributed by atoms with van der Waals surface area (Å²) in [6.07, 6.45) is 5.54. The van der Waals surface area contributed by atoms with E-state index in [1.807, 2.05) is 13.2 Å². The lowest BCUT2D eigenvalue weighted by molar-refractivity contribution is 0.292. The van der Waals surface area contributed by atoms with Gasteiger partial charge in [-0.25, -0.2) is 0 Å². The molecule has 1 saturated carbocycles. The van der Waals surface area contributed by atoms with Crippen LogP contribution in [0, 0.1) is 3.57 Å². The molecule has 0 atom stereocenters. The summed E-state index contributed by atoms with van der Waals surface area (Å²) in [5.41, 5.74) is 0.803. The Labute approximate surface area is 106 Å². The quantitative estimate of drug-likeness (QED) is 0.793. The zero-order valence-corrected chi connectivity index (χ0v) is 11.0. The molecule has 0 radical (unpaired) electrons. The molecule has 84 valence electrons. The van der Waals surface area contributed by atoms with E-state index in [9.17, 15) is 0 Å². The van der Waals surface area contributed by atoms with Crippen LogP contribution in [-0.2, 0) is 7.05 Å². The van der Waals surface area contributed by atoms with Gasteiger partial charge >= 0.3 is 0 Å². The number of rotatable bonds is 2. The van der Waals surface area contributed by atoms with E-state index >= 15 is 0 Å². The second-order valence-corrected chi connectivity index (χ2v) is 5.25. The molecule has 0 saturated heterocycles. The van der Waals surface area contributed by atoms with Crippen molar-refractivity contribution in [2.24, 2.45) is 7.05 Å². The van der Waals surface area contributed by atoms with Gasteiger partial charge < -0.3 is 4.52 Å². The first-order chi connectivity index (χ1) is 7.74. The Morgan fingerprint density at radius 3 is 2.88 bits per heavy atom. The first kappa shape index (κ1) is 10.2. The van der Waals surface area contributed by atoms with Crippen LogP contribution in [-0.4, -0.2) is 19.9 Å². The molecule has 6 heteroatoms. The van der Waals surface area contributed by atoms with Gasteiger partial charge in [-0.05, 0) is 35.4 Å². The van der Waals surface area contributed by atoms with Crippen LogP contribution in [0.2, 0.25) is 0 Å². The number of aromatic nitrogens is 4. The highest BCUT2D eigenvalue weighted by atomic mass is 127. The maximum Gasteiger partial charge on any atom is 0.230 e. The van der Waals surface area contributed by atoms with Gasteiger partial charge in [0.25, 0.3) is 0 Å². The largest absolute Gasteiger partial charge is 0.339 e. The van der Waals surface area contributed by atoms with E-state index < -0.39 is 0 Å². The molecule has 0 spiro atoms. The molecule has 0 amide bonds. The monoisotopic (exact) mass is 330 g/mol. The number of hydrogen-bond acceptors (Lipinski definition) is 4. The number of hydrogen-bond donors (Lipinski definition) is 0. The smallest absolute Gasteiger partial charge is 0.230 e. The summed E-state index contributed by atoms with van der Waals surface area (Å²) >= 11 is 2.23. The predicted molar refractivity (Wildman–Crippen MR) is 65.8 cm³/mol. The summed E-state index contributed by atoms with van der Waals surface area (Å²) in [4.78, 5) is 4.42. The van der Waals surface area contributed by atoms with Crippen molar-refractivity contribution in [3.63, 3.8) is 0 Å². The van der Waals surface area contributed by atoms with Gasteiger partial charge in [0.05, 0.1) is 3.57 Å². The third-order valence-corrected chi connectivity index (χ3v) is 3.68. The molecule has 2 aromatic heterocycles. The number of halogens is 1. The molecule has 1 aliphatic carbocycles. The van der Waals surface area contributed by atoms with Gasteiger partial charge in [-0.15, -0.1) is 0 Å². The van der Waals surface area contributed by atoms with Gasteiger partial charge in [0.1, 0.15) is 5.69 Å². The van der Waals surface area contributed by atoms with Crippen LogP contribution in [0.5, 0.6) is 0 Å². The van der Waals surface area contributed by atoms with E-state index in [2.05, 4.69) is 37.8 Å². The third kappa shape index (κ3) is 1.64. The fourth-order valence-electron chi connectivity index (χ4n) is 1.76. The molecule has 0 aromatic carbocycles. The molecule has 1 aliphatic rings. The summed E-state index contributed by atoms with van der Waals surface area (Å²) in [6.45, 7) is 0. The summed E-state index contributed by atoms with van der Waals surface area (Å²) in [6, 6.07) is 0. The van der Waals surface area contributed by atoms with Crippen LogP contribution < -0.4 is 0 Å². The Balaban J connectivity index is 1.94. The maximum atomic E-state index is 5.27. The predicted octanol–water partition coefficient (Wildman–Crippen LogP) is 2.34. The molecule has 0 bridgehead atoms. The Bertz CT molecular complexity index is 515. The lowest BCUT2D eigenvalue weighted by Crippen LogP contribution is -2.08. The van der Waals surface area contributed by atoms with Crippen molar-refractivity contribution in [3.05, 3.63) is 15.7 Å². The first-order valence-electron chi connectivity index (χ1n) is 5.27. The summed E-state index contributed by atoms with van der Waals surface area (Å²) < 4.78 is 8.08. The molecule has 3 rings (SSSR count). The number of nitrogens with zero attached hydrogens (tertiary/aromatic N) is 4. The van der Waals surface area contributed by atoms with Gasteiger partial charge in [0.2, 0.25) is 11.7 Å². The van der Waals surface area contributed by atoms with Gasteiger partial charge in [-0.1, -0.05) is 11.6 Å². The Morgan fingerprint density at radius 1 is 1.50 bits per heavy atom. The zero-order chi connectivity index (χ0) is 11.1. The molecular weight excluding hydrogens is 319 g/mol. The lowest BCUT2D eigenvalue weighted by Gasteiger charge is -2.20. The van der Waals surface area contributed by atoms with Crippen molar-refractivity contribution in [3.8, 4) is 11.5 Å². The van der Waals surface area contributed by atoms with Crippen LogP contribution in [0.3, 0.4) is 0 Å². The molecule has 0 aliphatic heterocycles. The van der Waals surface area contributed by atoms with Crippen LogP contribution in [0.4, 0.5) is 0 Å². The van der Waals surface area contributed by atoms with Crippen molar-refractivity contribution < 1.29 is 4.52 Å². The first-order valence-corrected chi connectivity index (χ1v) is 6.35. The molecule has 5 nitrogen and oxygen atoms in total. The molecule has 1 fully saturated rings. The summed E-state index contributed by atoms with van der Waals surface area (Å²) in [7, 11) is 1.89. The van der Waals surface area contributed by atoms with Crippen molar-refractivity contribution in [2.75, 3.05) is 0 Å². The van der Waals surface area contributed by atoms with Crippen molar-refractivity contribution in [1.82, 2.24) is 19.9 Å². The van der Waals surface area contributed by atoms with Gasteiger partial charge in [-0.2, -0.15) is 10.1 Å². The Hall–Kier alpha value is -0.920. The lowest BCUT2D eigenvalue weighted by atomic mass is 9.85. The zero-order valence-electron chi connectivity index (χ0n) is 8.85. The van der Waals surface area contributed by atoms with E-state index in [0.717, 1.165) is 15.2 Å². The normalized spacial score (nSPS) is 16.4. The topological polar surface area (TPSA) is 56.7 Å². The fraction of sp³-hybridized carbons (Fsp3) is 0.500. The van der Waals surface area contributed by atoms with Crippen molar-refractivity contribution in [1.29, 1.82) is 0 Å². The highest BCUT2D eigenvalue weighted by Gasteiger charge is 2.26. The molecule has 2 aromatic rings. The SMILES string of the molecule is Cn1cc(I)c(-c2noc(C3CCC3)n2)n1. The average molecular weight is 330 g/mol. The van der Waals surface area contributed by atoms with E-state index in [-0.39, 0.29) is 0 Å². The average Bonchev–Trinajstić information content (AvgIpc) is 2.70. The molecular formula is C10H11IN4O. The maximum absolute atomic E-state index is 5.27. The molecule has 16 heavy (non-hydrogen) atoms. The second-order valence-electron chi connectivity index (χ2n) is 4.08. The highest BCUT2D eigenvalue weighted by Crippen LogP contribution is 2.36. The highest BCUT2D eigenvalue weighted by molar-refractivity contribution is 14.1. The molecule has 2 heterocycles. The van der Waals surface area contributed by atoms with Gasteiger partial charge in [0, 0.05) is 19.2 Å². The Kier molecular flexibility index (Phi) is 2.45. The van der Waals surface area contributed by atoms with Crippen LogP contribution >= 0.6 is 22.6 Å². The Morgan fingerprint density at radius 2 is 2.31 bits per heavy atom. The van der Waals surface area contributed by atoms with Crippen molar-refractivity contribution in [2.45, 2.75) is 25.2 Å². The van der Waals surface area contributed by atoms with Gasteiger partial charge in [0.15, 0.2) is 0 Å².